The molecule has 0 N–H and O–H groups in total. The lowest BCUT2D eigenvalue weighted by Gasteiger charge is -2.28. The van der Waals surface area contributed by atoms with E-state index in [0.29, 0.717) is 5.56 Å². The highest BCUT2D eigenvalue weighted by molar-refractivity contribution is 6.13. The van der Waals surface area contributed by atoms with Gasteiger partial charge in [0.15, 0.2) is 0 Å². The lowest BCUT2D eigenvalue weighted by atomic mass is 9.89. The van der Waals surface area contributed by atoms with Gasteiger partial charge in [-0.1, -0.05) is 157 Å². The molecule has 1 nitrogen and oxygen atoms in total. The zero-order chi connectivity index (χ0) is 42.9. The normalized spacial score (nSPS) is 14.9. The predicted molar refractivity (Wildman–Crippen MR) is 266 cm³/mol. The Hall–Kier alpha value is -7.03. The molecule has 0 radical (unpaired) electrons. The van der Waals surface area contributed by atoms with Crippen LogP contribution in [-0.4, -0.2) is 0 Å². The zero-order valence-corrected chi connectivity index (χ0v) is 36.5. The fourth-order valence-corrected chi connectivity index (χ4v) is 9.83. The molecule has 0 amide bonds. The van der Waals surface area contributed by atoms with Crippen LogP contribution < -0.4 is 4.90 Å². The van der Waals surface area contributed by atoms with Gasteiger partial charge < -0.3 is 4.90 Å². The lowest BCUT2D eigenvalue weighted by molar-refractivity contribution is 0.625. The topological polar surface area (TPSA) is 3.24 Å². The standard InChI is InChI=1S/C61H52FN/c1-41-21-25-48(26-22-41)60(49-27-23-42(2)24-28-49)43(3)44-29-34-51(35-30-44)63(52-36-31-45-13-7-8-16-50(45)39-52)53-37-32-47(59(62)40-53)33-38-54(46-14-5-4-6-15-46)61-57-19-11-9-17-55(57)56-18-10-12-20-58(56)61/h4-6,9,11-12,14-15,17,19-40H,7-8,10,13,16,18H2,1-3H3/b38-33+,61-54-. The largest absolute Gasteiger partial charge is 0.310 e. The summed E-state index contributed by atoms with van der Waals surface area (Å²) in [5.41, 5.74) is 23.3. The Balaban J connectivity index is 1.05. The maximum atomic E-state index is 16.8. The highest BCUT2D eigenvalue weighted by atomic mass is 19.1. The molecule has 0 atom stereocenters. The number of hydrogen-bond donors (Lipinski definition) is 0. The SMILES string of the molecule is CC(=C(c1ccc(C)cc1)c1ccc(C)cc1)c1ccc(N(c2ccc(/C=C/C(=C3/C4=C(CCC=C4)c4ccccc43)c3ccccc3)c(F)c2)c2ccc3c(c2)CCCC3)cc1. The third-order valence-corrected chi connectivity index (χ3v) is 13.2. The molecule has 308 valence electrons. The molecule has 0 fully saturated rings. The average Bonchev–Trinajstić information content (AvgIpc) is 3.65. The molecule has 0 heterocycles. The monoisotopic (exact) mass is 817 g/mol. The second-order valence-corrected chi connectivity index (χ2v) is 17.3. The van der Waals surface area contributed by atoms with Crippen molar-refractivity contribution in [3.05, 3.63) is 255 Å². The molecular formula is C61H52FN. The molecule has 0 bridgehead atoms. The molecule has 0 aromatic heterocycles. The van der Waals surface area contributed by atoms with Crippen LogP contribution in [0, 0.1) is 19.7 Å². The van der Waals surface area contributed by atoms with Crippen LogP contribution in [0.4, 0.5) is 21.5 Å². The van der Waals surface area contributed by atoms with E-state index in [1.807, 2.05) is 12.1 Å². The first-order valence-electron chi connectivity index (χ1n) is 22.5. The van der Waals surface area contributed by atoms with Crippen molar-refractivity contribution in [2.45, 2.75) is 59.3 Å². The highest BCUT2D eigenvalue weighted by Crippen LogP contribution is 2.49. The van der Waals surface area contributed by atoms with Crippen LogP contribution in [0.15, 0.2) is 188 Å². The van der Waals surface area contributed by atoms with Crippen LogP contribution in [0.2, 0.25) is 0 Å². The Labute approximate surface area is 372 Å². The summed E-state index contributed by atoms with van der Waals surface area (Å²) in [4.78, 5) is 2.21. The Morgan fingerprint density at radius 2 is 1.16 bits per heavy atom. The number of rotatable bonds is 9. The number of nitrogens with zero attached hydrogens (tertiary/aromatic N) is 1. The van der Waals surface area contributed by atoms with E-state index in [1.165, 1.54) is 85.2 Å². The number of halogens is 1. The summed E-state index contributed by atoms with van der Waals surface area (Å²) in [7, 11) is 0. The molecule has 7 aromatic carbocycles. The number of benzene rings is 7. The molecule has 2 heteroatoms. The summed E-state index contributed by atoms with van der Waals surface area (Å²) < 4.78 is 16.8. The molecule has 0 unspecified atom stereocenters. The predicted octanol–water partition coefficient (Wildman–Crippen LogP) is 16.5. The van der Waals surface area contributed by atoms with Gasteiger partial charge in [-0.3, -0.25) is 0 Å². The smallest absolute Gasteiger partial charge is 0.132 e. The molecule has 0 aliphatic heterocycles. The van der Waals surface area contributed by atoms with Crippen LogP contribution in [0.5, 0.6) is 0 Å². The highest BCUT2D eigenvalue weighted by Gasteiger charge is 2.28. The van der Waals surface area contributed by atoms with E-state index in [4.69, 9.17) is 0 Å². The molecular weight excluding hydrogens is 766 g/mol. The van der Waals surface area contributed by atoms with E-state index in [0.717, 1.165) is 59.4 Å². The van der Waals surface area contributed by atoms with E-state index in [9.17, 15) is 0 Å². The van der Waals surface area contributed by atoms with Crippen molar-refractivity contribution in [2.75, 3.05) is 4.90 Å². The second kappa shape index (κ2) is 17.4. The molecule has 63 heavy (non-hydrogen) atoms. The van der Waals surface area contributed by atoms with Crippen LogP contribution in [0.3, 0.4) is 0 Å². The van der Waals surface area contributed by atoms with Crippen molar-refractivity contribution in [3.63, 3.8) is 0 Å². The minimum atomic E-state index is -0.260. The van der Waals surface area contributed by atoms with Crippen molar-refractivity contribution < 1.29 is 4.39 Å². The molecule has 0 spiro atoms. The summed E-state index contributed by atoms with van der Waals surface area (Å²) in [6.07, 6.45) is 15.3. The first-order valence-corrected chi connectivity index (χ1v) is 22.5. The number of fused-ring (bicyclic) bond motifs is 3. The molecule has 0 saturated heterocycles. The van der Waals surface area contributed by atoms with Crippen LogP contribution in [-0.2, 0) is 12.8 Å². The number of anilines is 3. The third kappa shape index (κ3) is 7.99. The molecule has 3 aliphatic carbocycles. The van der Waals surface area contributed by atoms with E-state index in [1.54, 1.807) is 6.07 Å². The van der Waals surface area contributed by atoms with Gasteiger partial charge in [0, 0.05) is 22.6 Å². The van der Waals surface area contributed by atoms with Crippen molar-refractivity contribution in [1.29, 1.82) is 0 Å². The van der Waals surface area contributed by atoms with E-state index < -0.39 is 0 Å². The summed E-state index contributed by atoms with van der Waals surface area (Å²) >= 11 is 0. The Morgan fingerprint density at radius 3 is 1.86 bits per heavy atom. The van der Waals surface area contributed by atoms with Gasteiger partial charge in [-0.15, -0.1) is 0 Å². The zero-order valence-electron chi connectivity index (χ0n) is 36.5. The first kappa shape index (κ1) is 40.1. The minimum absolute atomic E-state index is 0.260. The van der Waals surface area contributed by atoms with Gasteiger partial charge in [0.05, 0.1) is 0 Å². The minimum Gasteiger partial charge on any atom is -0.310 e. The van der Waals surface area contributed by atoms with Crippen LogP contribution >= 0.6 is 0 Å². The Morgan fingerprint density at radius 1 is 0.556 bits per heavy atom. The first-order chi connectivity index (χ1) is 30.9. The summed E-state index contributed by atoms with van der Waals surface area (Å²) in [5, 5.41) is 0. The van der Waals surface area contributed by atoms with E-state index in [-0.39, 0.29) is 5.82 Å². The molecule has 3 aliphatic rings. The van der Waals surface area contributed by atoms with Crippen molar-refractivity contribution in [1.82, 2.24) is 0 Å². The van der Waals surface area contributed by atoms with Gasteiger partial charge >= 0.3 is 0 Å². The van der Waals surface area contributed by atoms with Gasteiger partial charge in [-0.25, -0.2) is 4.39 Å². The second-order valence-electron chi connectivity index (χ2n) is 17.3. The van der Waals surface area contributed by atoms with Crippen LogP contribution in [0.25, 0.3) is 33.9 Å². The maximum Gasteiger partial charge on any atom is 0.132 e. The Kier molecular flexibility index (Phi) is 11.1. The van der Waals surface area contributed by atoms with Gasteiger partial charge in [0.2, 0.25) is 0 Å². The number of hydrogen-bond acceptors (Lipinski definition) is 1. The average molecular weight is 818 g/mol. The third-order valence-electron chi connectivity index (χ3n) is 13.2. The fourth-order valence-electron chi connectivity index (χ4n) is 9.83. The number of aryl methyl sites for hydroxylation is 4. The van der Waals surface area contributed by atoms with Crippen molar-refractivity contribution >= 4 is 51.0 Å². The van der Waals surface area contributed by atoms with Gasteiger partial charge in [-0.05, 0) is 180 Å². The quantitative estimate of drug-likeness (QED) is 0.131. The fraction of sp³-hybridized carbons (Fsp3) is 0.148. The van der Waals surface area contributed by atoms with Crippen molar-refractivity contribution in [3.8, 4) is 0 Å². The van der Waals surface area contributed by atoms with Gasteiger partial charge in [0.1, 0.15) is 5.82 Å². The van der Waals surface area contributed by atoms with Gasteiger partial charge in [-0.2, -0.15) is 0 Å². The lowest BCUT2D eigenvalue weighted by Crippen LogP contribution is -2.12. The van der Waals surface area contributed by atoms with E-state index in [2.05, 4.69) is 196 Å². The molecule has 7 aromatic rings. The van der Waals surface area contributed by atoms with Crippen LogP contribution in [0.1, 0.15) is 93.8 Å². The van der Waals surface area contributed by atoms with E-state index >= 15 is 4.39 Å². The summed E-state index contributed by atoms with van der Waals surface area (Å²) in [6, 6.07) is 58.2. The Bertz CT molecular complexity index is 2940. The maximum absolute atomic E-state index is 16.8. The molecule has 0 saturated carbocycles. The van der Waals surface area contributed by atoms with Gasteiger partial charge in [0.25, 0.3) is 0 Å². The number of allylic oxidation sites excluding steroid dienone is 8. The molecule has 10 rings (SSSR count). The summed E-state index contributed by atoms with van der Waals surface area (Å²) in [6.45, 7) is 6.48. The van der Waals surface area contributed by atoms with Crippen molar-refractivity contribution in [2.24, 2.45) is 0 Å². The summed E-state index contributed by atoms with van der Waals surface area (Å²) in [5.74, 6) is -0.260.